The van der Waals surface area contributed by atoms with Crippen LogP contribution >= 0.6 is 0 Å². The number of aromatic amines is 1. The van der Waals surface area contributed by atoms with Crippen LogP contribution in [0.4, 0.5) is 0 Å². The first kappa shape index (κ1) is 16.3. The van der Waals surface area contributed by atoms with Gasteiger partial charge >= 0.3 is 7.12 Å². The Balaban J connectivity index is 1.46. The third-order valence-electron chi connectivity index (χ3n) is 5.70. The van der Waals surface area contributed by atoms with Crippen LogP contribution in [-0.4, -0.2) is 41.8 Å². The molecule has 3 N–H and O–H groups in total. The molecule has 2 aromatic heterocycles. The molecular formula is C17H20BN3O4S. The zero-order chi connectivity index (χ0) is 18.1. The van der Waals surface area contributed by atoms with Crippen molar-refractivity contribution in [2.24, 2.45) is 5.92 Å². The Bertz CT molecular complexity index is 1020. The van der Waals surface area contributed by atoms with Gasteiger partial charge in [-0.05, 0) is 55.6 Å². The molecule has 7 nitrogen and oxygen atoms in total. The fourth-order valence-corrected chi connectivity index (χ4v) is 5.68. The molecule has 2 aliphatic carbocycles. The number of nitrogens with zero attached hydrogens (tertiary/aromatic N) is 1. The van der Waals surface area contributed by atoms with E-state index in [2.05, 4.69) is 14.7 Å². The Morgan fingerprint density at radius 2 is 2.15 bits per heavy atom. The number of nitrogens with one attached hydrogen (secondary N) is 2. The van der Waals surface area contributed by atoms with E-state index in [0.29, 0.717) is 5.75 Å². The molecule has 0 aromatic carbocycles. The highest BCUT2D eigenvalue weighted by atomic mass is 32.2. The Morgan fingerprint density at radius 1 is 1.38 bits per heavy atom. The van der Waals surface area contributed by atoms with Gasteiger partial charge in [0.25, 0.3) is 0 Å². The van der Waals surface area contributed by atoms with E-state index in [1.54, 1.807) is 6.20 Å². The van der Waals surface area contributed by atoms with Crippen LogP contribution in [0.3, 0.4) is 0 Å². The largest absolute Gasteiger partial charge is 0.555 e. The van der Waals surface area contributed by atoms with Crippen molar-refractivity contribution in [3.05, 3.63) is 29.5 Å². The predicted molar refractivity (Wildman–Crippen MR) is 98.9 cm³/mol. The predicted octanol–water partition coefficient (Wildman–Crippen LogP) is 1.61. The van der Waals surface area contributed by atoms with E-state index >= 15 is 0 Å². The number of hydrogen-bond acceptors (Lipinski definition) is 5. The normalized spacial score (nSPS) is 25.8. The smallest absolute Gasteiger partial charge is 0.531 e. The van der Waals surface area contributed by atoms with Crippen LogP contribution in [0.2, 0.25) is 0 Å². The molecule has 3 heterocycles. The molecule has 3 aliphatic rings. The van der Waals surface area contributed by atoms with Gasteiger partial charge in [-0.1, -0.05) is 0 Å². The maximum Gasteiger partial charge on any atom is 0.555 e. The van der Waals surface area contributed by atoms with Crippen molar-refractivity contribution >= 4 is 33.7 Å². The second kappa shape index (κ2) is 5.58. The minimum Gasteiger partial charge on any atom is -0.531 e. The van der Waals surface area contributed by atoms with Crippen LogP contribution in [0.25, 0.3) is 16.6 Å². The first-order valence-electron chi connectivity index (χ1n) is 8.97. The summed E-state index contributed by atoms with van der Waals surface area (Å²) in [6.45, 7) is 1.88. The minimum atomic E-state index is -3.17. The Labute approximate surface area is 152 Å². The third-order valence-corrected chi connectivity index (χ3v) is 7.71. The number of rotatable bonds is 4. The van der Waals surface area contributed by atoms with Gasteiger partial charge in [0.2, 0.25) is 10.0 Å². The van der Waals surface area contributed by atoms with Crippen molar-refractivity contribution in [3.8, 4) is 5.75 Å². The molecule has 0 spiro atoms. The molecule has 5 rings (SSSR count). The van der Waals surface area contributed by atoms with Crippen LogP contribution in [0.5, 0.6) is 5.75 Å². The minimum absolute atomic E-state index is 0.0297. The van der Waals surface area contributed by atoms with E-state index in [9.17, 15) is 13.4 Å². The Kier molecular flexibility index (Phi) is 3.51. The van der Waals surface area contributed by atoms with E-state index in [-0.39, 0.29) is 17.2 Å². The molecule has 2 fully saturated rings. The Hall–Kier alpha value is -1.84. The second-order valence-electron chi connectivity index (χ2n) is 7.53. The lowest BCUT2D eigenvalue weighted by Crippen LogP contribution is -2.46. The Morgan fingerprint density at radius 3 is 2.88 bits per heavy atom. The SMILES string of the molecule is CC1=C(C2CC(NS(=O)(=O)C3CC3)C2)c2c(cnc3[nH]ccc23)OB1O. The number of pyridine rings is 1. The zero-order valence-corrected chi connectivity index (χ0v) is 15.2. The van der Waals surface area contributed by atoms with Crippen molar-refractivity contribution in [3.63, 3.8) is 0 Å². The van der Waals surface area contributed by atoms with E-state index in [1.165, 1.54) is 0 Å². The quantitative estimate of drug-likeness (QED) is 0.707. The highest BCUT2D eigenvalue weighted by Gasteiger charge is 2.43. The number of hydrogen-bond donors (Lipinski definition) is 3. The van der Waals surface area contributed by atoms with Crippen molar-refractivity contribution in [1.29, 1.82) is 0 Å². The molecule has 0 amide bonds. The summed E-state index contributed by atoms with van der Waals surface area (Å²) in [7, 11) is -4.16. The van der Waals surface area contributed by atoms with Gasteiger partial charge in [-0.15, -0.1) is 0 Å². The molecule has 0 atom stereocenters. The maximum absolute atomic E-state index is 12.1. The van der Waals surface area contributed by atoms with Crippen molar-refractivity contribution in [2.75, 3.05) is 0 Å². The summed E-state index contributed by atoms with van der Waals surface area (Å²) in [5, 5.41) is 11.1. The van der Waals surface area contributed by atoms with Gasteiger partial charge in [-0.2, -0.15) is 0 Å². The zero-order valence-electron chi connectivity index (χ0n) is 14.4. The maximum atomic E-state index is 12.1. The molecule has 26 heavy (non-hydrogen) atoms. The lowest BCUT2D eigenvalue weighted by atomic mass is 9.64. The first-order valence-corrected chi connectivity index (χ1v) is 10.5. The van der Waals surface area contributed by atoms with Gasteiger partial charge in [-0.3, -0.25) is 0 Å². The van der Waals surface area contributed by atoms with Gasteiger partial charge in [-0.25, -0.2) is 18.1 Å². The van der Waals surface area contributed by atoms with Crippen LogP contribution in [0.1, 0.15) is 38.2 Å². The van der Waals surface area contributed by atoms with Crippen molar-refractivity contribution < 1.29 is 18.1 Å². The van der Waals surface area contributed by atoms with E-state index < -0.39 is 17.1 Å². The molecule has 1 aliphatic heterocycles. The van der Waals surface area contributed by atoms with Crippen LogP contribution in [0.15, 0.2) is 23.9 Å². The van der Waals surface area contributed by atoms with Crippen LogP contribution < -0.4 is 9.38 Å². The third kappa shape index (κ3) is 2.49. The number of allylic oxidation sites excluding steroid dienone is 2. The second-order valence-corrected chi connectivity index (χ2v) is 9.52. The molecule has 0 bridgehead atoms. The summed E-state index contributed by atoms with van der Waals surface area (Å²) in [4.78, 5) is 7.44. The highest BCUT2D eigenvalue weighted by Crippen LogP contribution is 2.48. The molecular weight excluding hydrogens is 353 g/mol. The van der Waals surface area contributed by atoms with E-state index in [0.717, 1.165) is 53.3 Å². The fraction of sp³-hybridized carbons (Fsp3) is 0.471. The monoisotopic (exact) mass is 373 g/mol. The number of aromatic nitrogens is 2. The van der Waals surface area contributed by atoms with Gasteiger partial charge in [0.15, 0.2) is 0 Å². The lowest BCUT2D eigenvalue weighted by molar-refractivity contribution is 0.307. The number of H-pyrrole nitrogens is 1. The summed E-state index contributed by atoms with van der Waals surface area (Å²) in [6.07, 6.45) is 6.48. The average molecular weight is 373 g/mol. The van der Waals surface area contributed by atoms with E-state index in [1.807, 2.05) is 19.2 Å². The highest BCUT2D eigenvalue weighted by molar-refractivity contribution is 7.90. The molecule has 9 heteroatoms. The van der Waals surface area contributed by atoms with Gasteiger partial charge in [0.05, 0.1) is 11.4 Å². The molecule has 0 radical (unpaired) electrons. The first-order chi connectivity index (χ1) is 12.4. The van der Waals surface area contributed by atoms with Crippen LogP contribution in [0, 0.1) is 5.92 Å². The summed E-state index contributed by atoms with van der Waals surface area (Å²) in [5.41, 5.74) is 3.60. The molecule has 0 unspecified atom stereocenters. The molecule has 0 saturated heterocycles. The summed E-state index contributed by atoms with van der Waals surface area (Å²) >= 11 is 0. The standard InChI is InChI=1S/C17H20BN3O4S/c1-9-15(10-6-11(7-10)21-26(23,24)12-2-3-12)16-13-4-5-19-17(13)20-8-14(16)25-18(9)22/h4-5,8,10-12,21-22H,2-3,6-7H2,1H3,(H,19,20). The number of fused-ring (bicyclic) bond motifs is 3. The van der Waals surface area contributed by atoms with Crippen LogP contribution in [-0.2, 0) is 10.0 Å². The number of sulfonamides is 1. The molecule has 2 saturated carbocycles. The van der Waals surface area contributed by atoms with Crippen molar-refractivity contribution in [1.82, 2.24) is 14.7 Å². The molecule has 136 valence electrons. The topological polar surface area (TPSA) is 104 Å². The van der Waals surface area contributed by atoms with Gasteiger partial charge in [0, 0.05) is 23.2 Å². The van der Waals surface area contributed by atoms with Crippen molar-refractivity contribution in [2.45, 2.75) is 43.9 Å². The molecule has 2 aromatic rings. The average Bonchev–Trinajstić information content (AvgIpc) is 3.32. The summed E-state index contributed by atoms with van der Waals surface area (Å²) in [5.74, 6) is 0.770. The van der Waals surface area contributed by atoms with Gasteiger partial charge < -0.3 is 14.7 Å². The fourth-order valence-electron chi connectivity index (χ4n) is 4.08. The summed E-state index contributed by atoms with van der Waals surface area (Å²) in [6, 6.07) is 1.93. The van der Waals surface area contributed by atoms with E-state index in [4.69, 9.17) is 4.65 Å². The summed E-state index contributed by atoms with van der Waals surface area (Å²) < 4.78 is 32.7. The van der Waals surface area contributed by atoms with Gasteiger partial charge in [0.1, 0.15) is 11.4 Å². The lowest BCUT2D eigenvalue weighted by Gasteiger charge is -2.40.